The lowest BCUT2D eigenvalue weighted by molar-refractivity contribution is -0.117. The predicted octanol–water partition coefficient (Wildman–Crippen LogP) is 3.27. The topological polar surface area (TPSA) is 65.4 Å². The van der Waals surface area contributed by atoms with Gasteiger partial charge < -0.3 is 15.0 Å². The van der Waals surface area contributed by atoms with Crippen LogP contribution < -0.4 is 10.2 Å². The number of benzene rings is 1. The summed E-state index contributed by atoms with van der Waals surface area (Å²) in [6.07, 6.45) is 8.82. The SMILES string of the molecule is N#CC(=Cc1ccc(N2CCCCCC2)cc1)C(=O)NCC1CCCO1. The second-order valence-electron chi connectivity index (χ2n) is 7.01. The molecule has 2 aliphatic rings. The molecule has 1 atom stereocenters. The Bertz CT molecular complexity index is 661. The van der Waals surface area contributed by atoms with Crippen molar-refractivity contribution in [2.45, 2.75) is 44.6 Å². The third-order valence-electron chi connectivity index (χ3n) is 5.05. The van der Waals surface area contributed by atoms with E-state index >= 15 is 0 Å². The third kappa shape index (κ3) is 5.09. The standard InChI is InChI=1S/C21H27N3O2/c22-15-18(21(25)23-16-20-6-5-13-26-20)14-17-7-9-19(10-8-17)24-11-3-1-2-4-12-24/h7-10,14,20H,1-6,11-13,16H2,(H,23,25). The van der Waals surface area contributed by atoms with Crippen molar-refractivity contribution in [3.05, 3.63) is 35.4 Å². The van der Waals surface area contributed by atoms with Crippen LogP contribution in [0.4, 0.5) is 5.69 Å². The van der Waals surface area contributed by atoms with Crippen LogP contribution in [0.1, 0.15) is 44.1 Å². The summed E-state index contributed by atoms with van der Waals surface area (Å²) in [4.78, 5) is 14.6. The number of ether oxygens (including phenoxy) is 1. The van der Waals surface area contributed by atoms with E-state index in [0.717, 1.165) is 38.1 Å². The van der Waals surface area contributed by atoms with Crippen LogP contribution in [0.15, 0.2) is 29.8 Å². The van der Waals surface area contributed by atoms with E-state index in [-0.39, 0.29) is 17.6 Å². The summed E-state index contributed by atoms with van der Waals surface area (Å²) < 4.78 is 5.49. The molecule has 1 aromatic rings. The molecule has 0 bridgehead atoms. The monoisotopic (exact) mass is 353 g/mol. The van der Waals surface area contributed by atoms with Crippen molar-refractivity contribution in [2.75, 3.05) is 31.1 Å². The first-order valence-corrected chi connectivity index (χ1v) is 9.63. The summed E-state index contributed by atoms with van der Waals surface area (Å²) in [6.45, 7) is 3.42. The zero-order valence-electron chi connectivity index (χ0n) is 15.2. The van der Waals surface area contributed by atoms with Crippen LogP contribution in [0, 0.1) is 11.3 Å². The number of rotatable bonds is 5. The van der Waals surface area contributed by atoms with Crippen LogP contribution in [0.5, 0.6) is 0 Å². The highest BCUT2D eigenvalue weighted by Gasteiger charge is 2.17. The Morgan fingerprint density at radius 1 is 1.19 bits per heavy atom. The van der Waals surface area contributed by atoms with Crippen LogP contribution in [0.25, 0.3) is 6.08 Å². The van der Waals surface area contributed by atoms with Crippen molar-refractivity contribution in [3.63, 3.8) is 0 Å². The Hall–Kier alpha value is -2.32. The fraction of sp³-hybridized carbons (Fsp3) is 0.524. The Kier molecular flexibility index (Phi) is 6.68. The van der Waals surface area contributed by atoms with Gasteiger partial charge in [0.25, 0.3) is 5.91 Å². The van der Waals surface area contributed by atoms with Crippen molar-refractivity contribution >= 4 is 17.7 Å². The van der Waals surface area contributed by atoms with E-state index in [1.807, 2.05) is 18.2 Å². The molecule has 2 saturated heterocycles. The van der Waals surface area contributed by atoms with Crippen LogP contribution >= 0.6 is 0 Å². The molecule has 0 spiro atoms. The lowest BCUT2D eigenvalue weighted by atomic mass is 10.1. The predicted molar refractivity (Wildman–Crippen MR) is 103 cm³/mol. The summed E-state index contributed by atoms with van der Waals surface area (Å²) in [5.74, 6) is -0.334. The molecule has 2 aliphatic heterocycles. The fourth-order valence-electron chi connectivity index (χ4n) is 3.53. The summed E-state index contributed by atoms with van der Waals surface area (Å²) in [7, 11) is 0. The van der Waals surface area contributed by atoms with Crippen molar-refractivity contribution in [1.29, 1.82) is 5.26 Å². The number of hydrogen-bond acceptors (Lipinski definition) is 4. The first kappa shape index (κ1) is 18.5. The molecule has 1 amide bonds. The average molecular weight is 353 g/mol. The second-order valence-corrected chi connectivity index (χ2v) is 7.01. The Morgan fingerprint density at radius 3 is 2.54 bits per heavy atom. The summed E-state index contributed by atoms with van der Waals surface area (Å²) in [5, 5.41) is 12.1. The maximum absolute atomic E-state index is 12.2. The Labute approximate surface area is 155 Å². The quantitative estimate of drug-likeness (QED) is 0.652. The van der Waals surface area contributed by atoms with Crippen molar-refractivity contribution in [1.82, 2.24) is 5.32 Å². The van der Waals surface area contributed by atoms with Gasteiger partial charge in [0.15, 0.2) is 0 Å². The van der Waals surface area contributed by atoms with E-state index in [1.54, 1.807) is 6.08 Å². The number of nitrogens with one attached hydrogen (secondary N) is 1. The highest BCUT2D eigenvalue weighted by atomic mass is 16.5. The molecule has 2 fully saturated rings. The molecule has 0 saturated carbocycles. The number of carbonyl (C=O) groups is 1. The molecule has 5 heteroatoms. The number of hydrogen-bond donors (Lipinski definition) is 1. The van der Waals surface area contributed by atoms with Gasteiger partial charge in [-0.15, -0.1) is 0 Å². The van der Waals surface area contributed by atoms with Gasteiger partial charge in [-0.1, -0.05) is 25.0 Å². The molecule has 1 aromatic carbocycles. The molecule has 26 heavy (non-hydrogen) atoms. The minimum absolute atomic E-state index is 0.0757. The molecule has 2 heterocycles. The van der Waals surface area contributed by atoms with Crippen molar-refractivity contribution in [3.8, 4) is 6.07 Å². The van der Waals surface area contributed by atoms with Crippen LogP contribution in [-0.2, 0) is 9.53 Å². The van der Waals surface area contributed by atoms with E-state index in [2.05, 4.69) is 22.3 Å². The first-order valence-electron chi connectivity index (χ1n) is 9.63. The van der Waals surface area contributed by atoms with E-state index in [4.69, 9.17) is 4.74 Å². The zero-order chi connectivity index (χ0) is 18.2. The fourth-order valence-corrected chi connectivity index (χ4v) is 3.53. The van der Waals surface area contributed by atoms with Gasteiger partial charge in [0.1, 0.15) is 11.6 Å². The van der Waals surface area contributed by atoms with Crippen LogP contribution in [0.2, 0.25) is 0 Å². The van der Waals surface area contributed by atoms with Crippen molar-refractivity contribution < 1.29 is 9.53 Å². The molecule has 0 radical (unpaired) electrons. The maximum atomic E-state index is 12.2. The molecule has 5 nitrogen and oxygen atoms in total. The van der Waals surface area contributed by atoms with Crippen LogP contribution in [-0.4, -0.2) is 38.3 Å². The van der Waals surface area contributed by atoms with Gasteiger partial charge >= 0.3 is 0 Å². The number of amides is 1. The molecule has 0 aromatic heterocycles. The number of nitriles is 1. The maximum Gasteiger partial charge on any atom is 0.262 e. The smallest absolute Gasteiger partial charge is 0.262 e. The normalized spacial score (nSPS) is 21.1. The summed E-state index contributed by atoms with van der Waals surface area (Å²) in [6, 6.07) is 10.1. The van der Waals surface area contributed by atoms with Gasteiger partial charge in [0.05, 0.1) is 6.10 Å². The largest absolute Gasteiger partial charge is 0.376 e. The summed E-state index contributed by atoms with van der Waals surface area (Å²) in [5.41, 5.74) is 2.21. The number of carbonyl (C=O) groups excluding carboxylic acids is 1. The lowest BCUT2D eigenvalue weighted by Crippen LogP contribution is -2.32. The van der Waals surface area contributed by atoms with E-state index < -0.39 is 0 Å². The van der Waals surface area contributed by atoms with Gasteiger partial charge in [-0.2, -0.15) is 5.26 Å². The molecule has 1 unspecified atom stereocenters. The average Bonchev–Trinajstić information content (AvgIpc) is 3.05. The number of nitrogens with zero attached hydrogens (tertiary/aromatic N) is 2. The van der Waals surface area contributed by atoms with E-state index in [1.165, 1.54) is 31.4 Å². The molecule has 138 valence electrons. The zero-order valence-corrected chi connectivity index (χ0v) is 15.2. The minimum atomic E-state index is -0.334. The van der Waals surface area contributed by atoms with E-state index in [0.29, 0.717) is 6.54 Å². The third-order valence-corrected chi connectivity index (χ3v) is 5.05. The van der Waals surface area contributed by atoms with Gasteiger partial charge in [0, 0.05) is 31.9 Å². The highest BCUT2D eigenvalue weighted by Crippen LogP contribution is 2.21. The van der Waals surface area contributed by atoms with Gasteiger partial charge in [-0.3, -0.25) is 4.79 Å². The number of anilines is 1. The van der Waals surface area contributed by atoms with Gasteiger partial charge in [-0.05, 0) is 49.5 Å². The summed E-state index contributed by atoms with van der Waals surface area (Å²) >= 11 is 0. The molecular formula is C21H27N3O2. The van der Waals surface area contributed by atoms with Gasteiger partial charge in [-0.25, -0.2) is 0 Å². The lowest BCUT2D eigenvalue weighted by Gasteiger charge is -2.22. The Balaban J connectivity index is 1.60. The molecular weight excluding hydrogens is 326 g/mol. The first-order chi connectivity index (χ1) is 12.8. The van der Waals surface area contributed by atoms with Gasteiger partial charge in [0.2, 0.25) is 0 Å². The molecule has 1 N–H and O–H groups in total. The Morgan fingerprint density at radius 2 is 1.92 bits per heavy atom. The molecule has 3 rings (SSSR count). The van der Waals surface area contributed by atoms with E-state index in [9.17, 15) is 10.1 Å². The molecule has 0 aliphatic carbocycles. The highest BCUT2D eigenvalue weighted by molar-refractivity contribution is 6.01. The van der Waals surface area contributed by atoms with Crippen LogP contribution in [0.3, 0.4) is 0 Å². The second kappa shape index (κ2) is 9.40. The minimum Gasteiger partial charge on any atom is -0.376 e. The van der Waals surface area contributed by atoms with Crippen molar-refractivity contribution in [2.24, 2.45) is 0 Å².